The molecule has 0 amide bonds. The summed E-state index contributed by atoms with van der Waals surface area (Å²) in [6.07, 6.45) is 5.49. The molecule has 1 saturated heterocycles. The molecule has 122 valence electrons. The highest BCUT2D eigenvalue weighted by Crippen LogP contribution is 2.31. The molecule has 1 fully saturated rings. The quantitative estimate of drug-likeness (QED) is 0.918. The summed E-state index contributed by atoms with van der Waals surface area (Å²) in [5, 5.41) is 3.03. The molecule has 5 heteroatoms. The van der Waals surface area contributed by atoms with Gasteiger partial charge in [-0.15, -0.1) is 0 Å². The summed E-state index contributed by atoms with van der Waals surface area (Å²) < 4.78 is 5.24. The standard InChI is InChI=1S/C18H24N4O/c1-19-18-20-11-10-16(21-18)17-5-3-4-12-22(17)13-14-6-8-15(23-2)9-7-14/h6-11,17H,3-5,12-13H2,1-2H3,(H,19,20,21)/t17-/m0/s1. The lowest BCUT2D eigenvalue weighted by Gasteiger charge is -2.35. The van der Waals surface area contributed by atoms with E-state index in [1.54, 1.807) is 7.11 Å². The van der Waals surface area contributed by atoms with E-state index < -0.39 is 0 Å². The molecule has 1 N–H and O–H groups in total. The Labute approximate surface area is 137 Å². The summed E-state index contributed by atoms with van der Waals surface area (Å²) in [7, 11) is 3.55. The van der Waals surface area contributed by atoms with Gasteiger partial charge < -0.3 is 10.1 Å². The first-order chi connectivity index (χ1) is 11.3. The van der Waals surface area contributed by atoms with E-state index >= 15 is 0 Å². The van der Waals surface area contributed by atoms with Crippen molar-refractivity contribution in [3.8, 4) is 5.75 Å². The van der Waals surface area contributed by atoms with Crippen LogP contribution in [0.1, 0.15) is 36.6 Å². The molecule has 0 radical (unpaired) electrons. The van der Waals surface area contributed by atoms with E-state index in [1.165, 1.54) is 18.4 Å². The van der Waals surface area contributed by atoms with E-state index in [1.807, 2.05) is 31.4 Å². The first-order valence-electron chi connectivity index (χ1n) is 8.18. The summed E-state index contributed by atoms with van der Waals surface area (Å²) >= 11 is 0. The number of nitrogens with one attached hydrogen (secondary N) is 1. The Balaban J connectivity index is 1.77. The Hall–Kier alpha value is -2.14. The molecule has 1 aliphatic rings. The van der Waals surface area contributed by atoms with E-state index in [9.17, 15) is 0 Å². The smallest absolute Gasteiger partial charge is 0.222 e. The maximum Gasteiger partial charge on any atom is 0.222 e. The van der Waals surface area contributed by atoms with Crippen molar-refractivity contribution in [2.45, 2.75) is 31.8 Å². The van der Waals surface area contributed by atoms with Crippen molar-refractivity contribution in [3.63, 3.8) is 0 Å². The molecule has 5 nitrogen and oxygen atoms in total. The predicted molar refractivity (Wildman–Crippen MR) is 91.6 cm³/mol. The number of methoxy groups -OCH3 is 1. The first kappa shape index (κ1) is 15.7. The summed E-state index contributed by atoms with van der Waals surface area (Å²) in [6.45, 7) is 2.04. The lowest BCUT2D eigenvalue weighted by atomic mass is 9.98. The maximum atomic E-state index is 5.24. The van der Waals surface area contributed by atoms with Gasteiger partial charge in [-0.2, -0.15) is 0 Å². The molecule has 2 aromatic rings. The van der Waals surface area contributed by atoms with Crippen LogP contribution < -0.4 is 10.1 Å². The Bertz CT molecular complexity index is 629. The van der Waals surface area contributed by atoms with Gasteiger partial charge in [-0.3, -0.25) is 4.90 Å². The third kappa shape index (κ3) is 3.79. The van der Waals surface area contributed by atoms with E-state index in [0.29, 0.717) is 12.0 Å². The van der Waals surface area contributed by atoms with Gasteiger partial charge in [0.05, 0.1) is 18.8 Å². The average Bonchev–Trinajstić information content (AvgIpc) is 2.63. The zero-order valence-electron chi connectivity index (χ0n) is 13.8. The second-order valence-corrected chi connectivity index (χ2v) is 5.89. The molecular weight excluding hydrogens is 288 g/mol. The van der Waals surface area contributed by atoms with Gasteiger partial charge in [0, 0.05) is 19.8 Å². The molecule has 1 atom stereocenters. The Morgan fingerprint density at radius 2 is 2.04 bits per heavy atom. The van der Waals surface area contributed by atoms with E-state index in [-0.39, 0.29) is 0 Å². The molecule has 0 saturated carbocycles. The topological polar surface area (TPSA) is 50.3 Å². The highest BCUT2D eigenvalue weighted by Gasteiger charge is 2.25. The van der Waals surface area contributed by atoms with Crippen LogP contribution in [0.25, 0.3) is 0 Å². The van der Waals surface area contributed by atoms with Crippen LogP contribution in [-0.4, -0.2) is 35.6 Å². The van der Waals surface area contributed by atoms with Gasteiger partial charge in [-0.1, -0.05) is 18.6 Å². The van der Waals surface area contributed by atoms with Crippen LogP contribution in [0.2, 0.25) is 0 Å². The fourth-order valence-corrected chi connectivity index (χ4v) is 3.16. The molecule has 0 bridgehead atoms. The van der Waals surface area contributed by atoms with E-state index in [4.69, 9.17) is 4.74 Å². The Morgan fingerprint density at radius 1 is 1.22 bits per heavy atom. The number of rotatable bonds is 5. The molecule has 0 unspecified atom stereocenters. The number of likely N-dealkylation sites (tertiary alicyclic amines) is 1. The van der Waals surface area contributed by atoms with Crippen molar-refractivity contribution in [3.05, 3.63) is 47.8 Å². The van der Waals surface area contributed by atoms with Crippen LogP contribution in [0.5, 0.6) is 5.75 Å². The summed E-state index contributed by atoms with van der Waals surface area (Å²) in [4.78, 5) is 11.4. The number of ether oxygens (including phenoxy) is 1. The number of aromatic nitrogens is 2. The van der Waals surface area contributed by atoms with Gasteiger partial charge in [0.25, 0.3) is 0 Å². The predicted octanol–water partition coefficient (Wildman–Crippen LogP) is 3.25. The van der Waals surface area contributed by atoms with Gasteiger partial charge >= 0.3 is 0 Å². The zero-order chi connectivity index (χ0) is 16.1. The largest absolute Gasteiger partial charge is 0.497 e. The monoisotopic (exact) mass is 312 g/mol. The minimum Gasteiger partial charge on any atom is -0.497 e. The molecule has 0 aliphatic carbocycles. The molecule has 2 heterocycles. The third-order valence-corrected chi connectivity index (χ3v) is 4.40. The van der Waals surface area contributed by atoms with Crippen LogP contribution in [0.3, 0.4) is 0 Å². The van der Waals surface area contributed by atoms with Gasteiger partial charge in [0.1, 0.15) is 5.75 Å². The molecular formula is C18H24N4O. The third-order valence-electron chi connectivity index (χ3n) is 4.40. The number of hydrogen-bond acceptors (Lipinski definition) is 5. The summed E-state index contributed by atoms with van der Waals surface area (Å²) in [6, 6.07) is 10.7. The molecule has 1 aromatic carbocycles. The van der Waals surface area contributed by atoms with Gasteiger partial charge in [-0.25, -0.2) is 9.97 Å². The number of anilines is 1. The number of nitrogens with zero attached hydrogens (tertiary/aromatic N) is 3. The van der Waals surface area contributed by atoms with Crippen molar-refractivity contribution >= 4 is 5.95 Å². The Kier molecular flexibility index (Phi) is 5.08. The van der Waals surface area contributed by atoms with Crippen LogP contribution in [0.4, 0.5) is 5.95 Å². The van der Waals surface area contributed by atoms with Crippen LogP contribution in [0, 0.1) is 0 Å². The van der Waals surface area contributed by atoms with Gasteiger partial charge in [-0.05, 0) is 43.1 Å². The highest BCUT2D eigenvalue weighted by atomic mass is 16.5. The van der Waals surface area contributed by atoms with Gasteiger partial charge in [0.2, 0.25) is 5.95 Å². The van der Waals surface area contributed by atoms with Crippen LogP contribution in [0.15, 0.2) is 36.5 Å². The Morgan fingerprint density at radius 3 is 2.78 bits per heavy atom. The first-order valence-corrected chi connectivity index (χ1v) is 8.18. The number of hydrogen-bond donors (Lipinski definition) is 1. The van der Waals surface area contributed by atoms with E-state index in [0.717, 1.165) is 31.0 Å². The summed E-state index contributed by atoms with van der Waals surface area (Å²) in [5.41, 5.74) is 2.41. The summed E-state index contributed by atoms with van der Waals surface area (Å²) in [5.74, 6) is 1.59. The van der Waals surface area contributed by atoms with Crippen molar-refractivity contribution in [2.24, 2.45) is 0 Å². The van der Waals surface area contributed by atoms with E-state index in [2.05, 4.69) is 32.3 Å². The van der Waals surface area contributed by atoms with Crippen molar-refractivity contribution in [2.75, 3.05) is 26.0 Å². The van der Waals surface area contributed by atoms with Crippen LogP contribution >= 0.6 is 0 Å². The minimum atomic E-state index is 0.362. The molecule has 23 heavy (non-hydrogen) atoms. The van der Waals surface area contributed by atoms with Gasteiger partial charge in [0.15, 0.2) is 0 Å². The second kappa shape index (κ2) is 7.42. The number of benzene rings is 1. The fourth-order valence-electron chi connectivity index (χ4n) is 3.16. The normalized spacial score (nSPS) is 18.6. The second-order valence-electron chi connectivity index (χ2n) is 5.89. The SMILES string of the molecule is CNc1nccc([C@@H]2CCCCN2Cc2ccc(OC)cc2)n1. The average molecular weight is 312 g/mol. The fraction of sp³-hybridized carbons (Fsp3) is 0.444. The molecule has 3 rings (SSSR count). The van der Waals surface area contributed by atoms with Crippen molar-refractivity contribution in [1.29, 1.82) is 0 Å². The lowest BCUT2D eigenvalue weighted by molar-refractivity contribution is 0.137. The highest BCUT2D eigenvalue weighted by molar-refractivity contribution is 5.28. The molecule has 1 aromatic heterocycles. The van der Waals surface area contributed by atoms with Crippen molar-refractivity contribution in [1.82, 2.24) is 14.9 Å². The zero-order valence-corrected chi connectivity index (χ0v) is 13.8. The lowest BCUT2D eigenvalue weighted by Crippen LogP contribution is -2.33. The van der Waals surface area contributed by atoms with Crippen molar-refractivity contribution < 1.29 is 4.74 Å². The minimum absolute atomic E-state index is 0.362. The molecule has 0 spiro atoms. The molecule has 1 aliphatic heterocycles. The van der Waals surface area contributed by atoms with Crippen LogP contribution in [-0.2, 0) is 6.54 Å². The maximum absolute atomic E-state index is 5.24. The number of piperidine rings is 1.